The van der Waals surface area contributed by atoms with E-state index in [0.29, 0.717) is 17.1 Å². The Labute approximate surface area is 166 Å². The highest BCUT2D eigenvalue weighted by atomic mass is 19.1. The van der Waals surface area contributed by atoms with E-state index in [9.17, 15) is 14.0 Å². The van der Waals surface area contributed by atoms with Crippen molar-refractivity contribution < 1.29 is 23.2 Å². The van der Waals surface area contributed by atoms with Gasteiger partial charge in [-0.15, -0.1) is 0 Å². The maximum atomic E-state index is 13.0. The number of carbonyl (C=O) groups excluding carboxylic acids is 2. The fourth-order valence-corrected chi connectivity index (χ4v) is 2.57. The maximum Gasteiger partial charge on any atom is 0.306 e. The van der Waals surface area contributed by atoms with Gasteiger partial charge in [0.2, 0.25) is 11.7 Å². The van der Waals surface area contributed by atoms with Crippen LogP contribution in [0.3, 0.4) is 0 Å². The molecule has 0 fully saturated rings. The first-order chi connectivity index (χ1) is 14.0. The molecule has 0 saturated carbocycles. The van der Waals surface area contributed by atoms with E-state index >= 15 is 0 Å². The van der Waals surface area contributed by atoms with Gasteiger partial charge in [0.1, 0.15) is 5.82 Å². The molecule has 0 aliphatic rings. The van der Waals surface area contributed by atoms with Crippen LogP contribution in [0.25, 0.3) is 11.4 Å². The largest absolute Gasteiger partial charge is 0.456 e. The lowest BCUT2D eigenvalue weighted by Crippen LogP contribution is -2.21. The lowest BCUT2D eigenvalue weighted by Gasteiger charge is -2.07. The highest BCUT2D eigenvalue weighted by Crippen LogP contribution is 2.16. The number of nitrogens with one attached hydrogen (secondary N) is 1. The molecule has 1 amide bonds. The number of ether oxygens (including phenoxy) is 1. The number of halogens is 1. The number of hydrogen-bond acceptors (Lipinski definition) is 6. The zero-order chi connectivity index (χ0) is 20.6. The third-order valence-electron chi connectivity index (χ3n) is 4.10. The summed E-state index contributed by atoms with van der Waals surface area (Å²) in [6.45, 7) is 1.65. The van der Waals surface area contributed by atoms with E-state index in [2.05, 4.69) is 15.5 Å². The van der Waals surface area contributed by atoms with Gasteiger partial charge in [0.25, 0.3) is 5.91 Å². The molecule has 2 aromatic carbocycles. The molecule has 7 nitrogen and oxygen atoms in total. The molecule has 3 rings (SSSR count). The predicted molar refractivity (Wildman–Crippen MR) is 103 cm³/mol. The Bertz CT molecular complexity index is 986. The van der Waals surface area contributed by atoms with Crippen LogP contribution in [0.15, 0.2) is 53.1 Å². The normalized spacial score (nSPS) is 10.6. The smallest absolute Gasteiger partial charge is 0.306 e. The van der Waals surface area contributed by atoms with Gasteiger partial charge in [0.05, 0.1) is 6.42 Å². The van der Waals surface area contributed by atoms with Crippen LogP contribution in [0.5, 0.6) is 0 Å². The minimum atomic E-state index is -0.552. The Morgan fingerprint density at radius 3 is 2.72 bits per heavy atom. The van der Waals surface area contributed by atoms with Gasteiger partial charge in [-0.1, -0.05) is 24.2 Å². The summed E-state index contributed by atoms with van der Waals surface area (Å²) in [5.74, 6) is -0.765. The molecule has 1 aromatic heterocycles. The summed E-state index contributed by atoms with van der Waals surface area (Å²) in [6.07, 6.45) is 1.02. The molecule has 0 unspecified atom stereocenters. The monoisotopic (exact) mass is 397 g/mol. The van der Waals surface area contributed by atoms with Crippen LogP contribution >= 0.6 is 0 Å². The molecule has 3 aromatic rings. The second kappa shape index (κ2) is 9.59. The number of rotatable bonds is 8. The Balaban J connectivity index is 1.43. The van der Waals surface area contributed by atoms with E-state index in [1.54, 1.807) is 6.07 Å². The topological polar surface area (TPSA) is 94.3 Å². The fraction of sp³-hybridized carbons (Fsp3) is 0.238. The van der Waals surface area contributed by atoms with Crippen molar-refractivity contribution in [2.24, 2.45) is 0 Å². The van der Waals surface area contributed by atoms with E-state index in [4.69, 9.17) is 9.26 Å². The number of amides is 1. The zero-order valence-corrected chi connectivity index (χ0v) is 15.9. The third kappa shape index (κ3) is 5.97. The molecule has 0 radical (unpaired) electrons. The molecule has 0 atom stereocenters. The summed E-state index contributed by atoms with van der Waals surface area (Å²) in [5.41, 5.74) is 2.36. The van der Waals surface area contributed by atoms with E-state index in [0.717, 1.165) is 12.0 Å². The van der Waals surface area contributed by atoms with Crippen LogP contribution in [0, 0.1) is 5.82 Å². The number of hydrogen-bond donors (Lipinski definition) is 1. The molecular weight excluding hydrogens is 377 g/mol. The van der Waals surface area contributed by atoms with Gasteiger partial charge in [-0.25, -0.2) is 4.39 Å². The lowest BCUT2D eigenvalue weighted by molar-refractivity contribution is -0.147. The fourth-order valence-electron chi connectivity index (χ4n) is 2.57. The Morgan fingerprint density at radius 1 is 1.17 bits per heavy atom. The third-order valence-corrected chi connectivity index (χ3v) is 4.10. The van der Waals surface area contributed by atoms with E-state index in [1.165, 1.54) is 24.3 Å². The standard InChI is InChI=1S/C21H20FN3O4/c1-2-14-4-3-5-17(12-14)23-18(26)13-28-20(27)11-10-19-24-21(25-29-19)15-6-8-16(22)9-7-15/h3-9,12H,2,10-11,13H2,1H3,(H,23,26). The SMILES string of the molecule is CCc1cccc(NC(=O)COC(=O)CCc2nc(-c3ccc(F)cc3)no2)c1. The summed E-state index contributed by atoms with van der Waals surface area (Å²) in [7, 11) is 0. The molecule has 1 heterocycles. The number of carbonyl (C=O) groups is 2. The average Bonchev–Trinajstić information content (AvgIpc) is 3.20. The first-order valence-corrected chi connectivity index (χ1v) is 9.16. The first kappa shape index (κ1) is 20.2. The van der Waals surface area contributed by atoms with Gasteiger partial charge in [0, 0.05) is 17.7 Å². The minimum absolute atomic E-state index is 0.0103. The molecule has 29 heavy (non-hydrogen) atoms. The number of benzene rings is 2. The molecule has 0 aliphatic heterocycles. The van der Waals surface area contributed by atoms with E-state index in [-0.39, 0.29) is 31.2 Å². The molecule has 1 N–H and O–H groups in total. The van der Waals surface area contributed by atoms with Crippen molar-refractivity contribution in [1.29, 1.82) is 0 Å². The summed E-state index contributed by atoms with van der Waals surface area (Å²) < 4.78 is 23.0. The molecule has 150 valence electrons. The molecular formula is C21H20FN3O4. The van der Waals surface area contributed by atoms with Crippen LogP contribution in [0.1, 0.15) is 24.8 Å². The first-order valence-electron chi connectivity index (χ1n) is 9.16. The van der Waals surface area contributed by atoms with Crippen molar-refractivity contribution in [3.05, 3.63) is 65.8 Å². The Kier molecular flexibility index (Phi) is 6.67. The van der Waals surface area contributed by atoms with Gasteiger partial charge in [-0.2, -0.15) is 4.98 Å². The number of aryl methyl sites for hydroxylation is 2. The number of nitrogens with zero attached hydrogens (tertiary/aromatic N) is 2. The zero-order valence-electron chi connectivity index (χ0n) is 15.9. The highest BCUT2D eigenvalue weighted by Gasteiger charge is 2.13. The van der Waals surface area contributed by atoms with Crippen molar-refractivity contribution in [3.63, 3.8) is 0 Å². The quantitative estimate of drug-likeness (QED) is 0.584. The Morgan fingerprint density at radius 2 is 1.97 bits per heavy atom. The number of anilines is 1. The summed E-state index contributed by atoms with van der Waals surface area (Å²) >= 11 is 0. The van der Waals surface area contributed by atoms with Crippen molar-refractivity contribution in [1.82, 2.24) is 10.1 Å². The average molecular weight is 397 g/mol. The van der Waals surface area contributed by atoms with Crippen LogP contribution in [-0.4, -0.2) is 28.6 Å². The summed E-state index contributed by atoms with van der Waals surface area (Å²) in [5, 5.41) is 6.49. The Hall–Kier alpha value is -3.55. The number of aromatic nitrogens is 2. The second-order valence-electron chi connectivity index (χ2n) is 6.28. The molecule has 0 spiro atoms. The highest BCUT2D eigenvalue weighted by molar-refractivity contribution is 5.92. The minimum Gasteiger partial charge on any atom is -0.456 e. The van der Waals surface area contributed by atoms with Gasteiger partial charge in [-0.05, 0) is 48.4 Å². The summed E-state index contributed by atoms with van der Waals surface area (Å²) in [6, 6.07) is 13.1. The van der Waals surface area contributed by atoms with Gasteiger partial charge in [-0.3, -0.25) is 9.59 Å². The van der Waals surface area contributed by atoms with Crippen molar-refractivity contribution in [2.75, 3.05) is 11.9 Å². The van der Waals surface area contributed by atoms with Crippen LogP contribution in [0.2, 0.25) is 0 Å². The number of esters is 1. The van der Waals surface area contributed by atoms with Crippen molar-refractivity contribution in [3.8, 4) is 11.4 Å². The van der Waals surface area contributed by atoms with E-state index in [1.807, 2.05) is 25.1 Å². The predicted octanol–water partition coefficient (Wildman–Crippen LogP) is 3.55. The van der Waals surface area contributed by atoms with Crippen LogP contribution in [0.4, 0.5) is 10.1 Å². The van der Waals surface area contributed by atoms with Gasteiger partial charge in [0.15, 0.2) is 6.61 Å². The second-order valence-corrected chi connectivity index (χ2v) is 6.28. The van der Waals surface area contributed by atoms with Crippen molar-refractivity contribution >= 4 is 17.6 Å². The van der Waals surface area contributed by atoms with Gasteiger partial charge < -0.3 is 14.6 Å². The molecule has 0 bridgehead atoms. The molecule has 0 saturated heterocycles. The van der Waals surface area contributed by atoms with Crippen LogP contribution in [-0.2, 0) is 27.2 Å². The van der Waals surface area contributed by atoms with Crippen molar-refractivity contribution in [2.45, 2.75) is 26.2 Å². The lowest BCUT2D eigenvalue weighted by atomic mass is 10.1. The van der Waals surface area contributed by atoms with Gasteiger partial charge >= 0.3 is 5.97 Å². The molecule has 0 aliphatic carbocycles. The summed E-state index contributed by atoms with van der Waals surface area (Å²) in [4.78, 5) is 27.9. The molecule has 8 heteroatoms. The van der Waals surface area contributed by atoms with E-state index < -0.39 is 11.9 Å². The maximum absolute atomic E-state index is 13.0. The van der Waals surface area contributed by atoms with Crippen LogP contribution < -0.4 is 5.32 Å².